The number of hydrogen-bond acceptors (Lipinski definition) is 3. The summed E-state index contributed by atoms with van der Waals surface area (Å²) < 4.78 is 1.11. The van der Waals surface area contributed by atoms with E-state index in [1.54, 1.807) is 6.07 Å². The molecule has 0 saturated carbocycles. The van der Waals surface area contributed by atoms with E-state index in [9.17, 15) is 9.59 Å². The van der Waals surface area contributed by atoms with E-state index in [0.29, 0.717) is 5.02 Å². The van der Waals surface area contributed by atoms with Gasteiger partial charge in [-0.3, -0.25) is 9.36 Å². The fourth-order valence-corrected chi connectivity index (χ4v) is 2.05. The maximum atomic E-state index is 12.1. The minimum absolute atomic E-state index is 0.202. The first-order valence-electron chi connectivity index (χ1n) is 5.17. The molecule has 0 fully saturated rings. The SMILES string of the molecule is O=C(Cn1cc(Cl)cnc1=O)c1cc(Cl)ccc1Cl. The minimum Gasteiger partial charge on any atom is -0.292 e. The number of Topliss-reactive ketones (excluding diaryl/α,β-unsaturated/α-hetero) is 1. The van der Waals surface area contributed by atoms with Crippen molar-refractivity contribution in [1.29, 1.82) is 0 Å². The first kappa shape index (κ1) is 14.1. The number of ketones is 1. The third-order valence-electron chi connectivity index (χ3n) is 2.37. The van der Waals surface area contributed by atoms with Crippen LogP contribution in [-0.2, 0) is 6.54 Å². The molecule has 19 heavy (non-hydrogen) atoms. The predicted octanol–water partition coefficient (Wildman–Crippen LogP) is 3.09. The van der Waals surface area contributed by atoms with Gasteiger partial charge in [0.15, 0.2) is 5.78 Å². The molecule has 0 N–H and O–H groups in total. The Morgan fingerprint density at radius 3 is 2.68 bits per heavy atom. The van der Waals surface area contributed by atoms with Gasteiger partial charge in [0.05, 0.1) is 22.8 Å². The van der Waals surface area contributed by atoms with E-state index < -0.39 is 5.69 Å². The zero-order chi connectivity index (χ0) is 14.0. The maximum Gasteiger partial charge on any atom is 0.348 e. The quantitative estimate of drug-likeness (QED) is 0.817. The molecule has 0 amide bonds. The molecule has 0 unspecified atom stereocenters. The van der Waals surface area contributed by atoms with Crippen molar-refractivity contribution in [3.05, 3.63) is 61.7 Å². The molecule has 0 spiro atoms. The van der Waals surface area contributed by atoms with Gasteiger partial charge in [0.1, 0.15) is 0 Å². The molecule has 0 radical (unpaired) electrons. The van der Waals surface area contributed by atoms with Crippen LogP contribution in [-0.4, -0.2) is 15.3 Å². The molecule has 0 aliphatic carbocycles. The number of aromatic nitrogens is 2. The third kappa shape index (κ3) is 3.35. The molecule has 4 nitrogen and oxygen atoms in total. The largest absolute Gasteiger partial charge is 0.348 e. The summed E-state index contributed by atoms with van der Waals surface area (Å²) in [6, 6.07) is 4.55. The first-order valence-corrected chi connectivity index (χ1v) is 6.31. The molecule has 0 bridgehead atoms. The van der Waals surface area contributed by atoms with Crippen LogP contribution in [0.5, 0.6) is 0 Å². The topological polar surface area (TPSA) is 52.0 Å². The Morgan fingerprint density at radius 1 is 1.21 bits per heavy atom. The van der Waals surface area contributed by atoms with Crippen LogP contribution in [0.1, 0.15) is 10.4 Å². The first-order chi connectivity index (χ1) is 8.97. The maximum absolute atomic E-state index is 12.1. The number of nitrogens with zero attached hydrogens (tertiary/aromatic N) is 2. The average Bonchev–Trinajstić information content (AvgIpc) is 2.36. The molecule has 0 aliphatic rings. The lowest BCUT2D eigenvalue weighted by molar-refractivity contribution is 0.0970. The monoisotopic (exact) mass is 316 g/mol. The average molecular weight is 318 g/mol. The summed E-state index contributed by atoms with van der Waals surface area (Å²) in [4.78, 5) is 27.1. The van der Waals surface area contributed by atoms with Gasteiger partial charge in [0.25, 0.3) is 0 Å². The van der Waals surface area contributed by atoms with Crippen molar-refractivity contribution in [3.63, 3.8) is 0 Å². The zero-order valence-electron chi connectivity index (χ0n) is 9.44. The predicted molar refractivity (Wildman–Crippen MR) is 74.3 cm³/mol. The van der Waals surface area contributed by atoms with Crippen LogP contribution in [0.15, 0.2) is 35.4 Å². The fourth-order valence-electron chi connectivity index (χ4n) is 1.49. The van der Waals surface area contributed by atoms with Gasteiger partial charge in [0.2, 0.25) is 0 Å². The summed E-state index contributed by atoms with van der Waals surface area (Å²) in [5.41, 5.74) is -0.308. The Hall–Kier alpha value is -1.36. The molecule has 0 atom stereocenters. The van der Waals surface area contributed by atoms with Crippen molar-refractivity contribution in [1.82, 2.24) is 9.55 Å². The van der Waals surface area contributed by atoms with Crippen molar-refractivity contribution < 1.29 is 4.79 Å². The highest BCUT2D eigenvalue weighted by molar-refractivity contribution is 6.35. The van der Waals surface area contributed by atoms with Crippen molar-refractivity contribution in [2.75, 3.05) is 0 Å². The van der Waals surface area contributed by atoms with E-state index in [-0.39, 0.29) is 27.9 Å². The number of carbonyl (C=O) groups is 1. The highest BCUT2D eigenvalue weighted by Crippen LogP contribution is 2.21. The lowest BCUT2D eigenvalue weighted by Crippen LogP contribution is -2.25. The summed E-state index contributed by atoms with van der Waals surface area (Å²) in [6.45, 7) is -0.202. The third-order valence-corrected chi connectivity index (χ3v) is 3.13. The molecule has 1 heterocycles. The Labute approximate surface area is 123 Å². The Bertz CT molecular complexity index is 698. The Kier molecular flexibility index (Phi) is 4.24. The standard InChI is InChI=1S/C12H7Cl3N2O2/c13-7-1-2-10(15)9(3-7)11(18)6-17-5-8(14)4-16-12(17)19/h1-5H,6H2. The van der Waals surface area contributed by atoms with Crippen molar-refractivity contribution in [2.24, 2.45) is 0 Å². The van der Waals surface area contributed by atoms with Gasteiger partial charge in [-0.1, -0.05) is 34.8 Å². The number of rotatable bonds is 3. The van der Waals surface area contributed by atoms with Crippen LogP contribution in [0.3, 0.4) is 0 Å². The number of benzene rings is 1. The summed E-state index contributed by atoms with van der Waals surface area (Å²) in [6.07, 6.45) is 2.56. The summed E-state index contributed by atoms with van der Waals surface area (Å²) in [5, 5.41) is 0.936. The van der Waals surface area contributed by atoms with E-state index in [0.717, 1.165) is 4.57 Å². The molecule has 1 aromatic carbocycles. The van der Waals surface area contributed by atoms with Gasteiger partial charge in [0, 0.05) is 16.8 Å². The van der Waals surface area contributed by atoms with Crippen LogP contribution in [0, 0.1) is 0 Å². The molecule has 1 aromatic heterocycles. The normalized spacial score (nSPS) is 10.5. The molecule has 0 saturated heterocycles. The second kappa shape index (κ2) is 5.74. The number of halogens is 3. The van der Waals surface area contributed by atoms with Gasteiger partial charge in [-0.2, -0.15) is 0 Å². The fraction of sp³-hybridized carbons (Fsp3) is 0.0833. The highest BCUT2D eigenvalue weighted by Gasteiger charge is 2.13. The molecule has 2 aromatic rings. The van der Waals surface area contributed by atoms with Gasteiger partial charge in [-0.15, -0.1) is 0 Å². The van der Waals surface area contributed by atoms with Crippen LogP contribution < -0.4 is 5.69 Å². The minimum atomic E-state index is -0.559. The van der Waals surface area contributed by atoms with E-state index in [4.69, 9.17) is 34.8 Å². The second-order valence-corrected chi connectivity index (χ2v) is 5.01. The summed E-state index contributed by atoms with van der Waals surface area (Å²) in [5.74, 6) is -0.348. The van der Waals surface area contributed by atoms with Crippen LogP contribution in [0.2, 0.25) is 15.1 Å². The van der Waals surface area contributed by atoms with Gasteiger partial charge in [-0.25, -0.2) is 9.78 Å². The van der Waals surface area contributed by atoms with Crippen molar-refractivity contribution >= 4 is 40.6 Å². The lowest BCUT2D eigenvalue weighted by Gasteiger charge is -2.06. The number of hydrogen-bond donors (Lipinski definition) is 0. The van der Waals surface area contributed by atoms with Crippen LogP contribution in [0.25, 0.3) is 0 Å². The molecular formula is C12H7Cl3N2O2. The van der Waals surface area contributed by atoms with E-state index in [1.807, 2.05) is 0 Å². The molecule has 2 rings (SSSR count). The Morgan fingerprint density at radius 2 is 1.95 bits per heavy atom. The van der Waals surface area contributed by atoms with Gasteiger partial charge < -0.3 is 0 Å². The van der Waals surface area contributed by atoms with Gasteiger partial charge >= 0.3 is 5.69 Å². The molecular weight excluding hydrogens is 311 g/mol. The van der Waals surface area contributed by atoms with E-state index >= 15 is 0 Å². The smallest absolute Gasteiger partial charge is 0.292 e. The second-order valence-electron chi connectivity index (χ2n) is 3.73. The van der Waals surface area contributed by atoms with Gasteiger partial charge in [-0.05, 0) is 18.2 Å². The van der Waals surface area contributed by atoms with Crippen molar-refractivity contribution in [3.8, 4) is 0 Å². The van der Waals surface area contributed by atoms with Crippen molar-refractivity contribution in [2.45, 2.75) is 6.54 Å². The molecule has 7 heteroatoms. The molecule has 98 valence electrons. The van der Waals surface area contributed by atoms with Crippen LogP contribution >= 0.6 is 34.8 Å². The summed E-state index contributed by atoms with van der Waals surface area (Å²) >= 11 is 17.4. The zero-order valence-corrected chi connectivity index (χ0v) is 11.7. The lowest BCUT2D eigenvalue weighted by atomic mass is 10.1. The number of carbonyl (C=O) groups excluding carboxylic acids is 1. The Balaban J connectivity index is 2.33. The van der Waals surface area contributed by atoms with Crippen LogP contribution in [0.4, 0.5) is 0 Å². The van der Waals surface area contributed by atoms with E-state index in [2.05, 4.69) is 4.98 Å². The molecule has 0 aliphatic heterocycles. The highest BCUT2D eigenvalue weighted by atomic mass is 35.5. The van der Waals surface area contributed by atoms with E-state index in [1.165, 1.54) is 24.5 Å². The summed E-state index contributed by atoms with van der Waals surface area (Å²) in [7, 11) is 0.